The maximum absolute atomic E-state index is 11.5. The van der Waals surface area contributed by atoms with Crippen LogP contribution in [-0.4, -0.2) is 17.0 Å². The lowest BCUT2D eigenvalue weighted by atomic mass is 9.79. The number of primary amides is 1. The third-order valence-electron chi connectivity index (χ3n) is 3.59. The topological polar surface area (TPSA) is 80.4 Å². The monoisotopic (exact) mass is 233 g/mol. The summed E-state index contributed by atoms with van der Waals surface area (Å²) in [7, 11) is 0. The Bertz CT molecular complexity index is 444. The van der Waals surface area contributed by atoms with Crippen molar-refractivity contribution in [3.8, 4) is 0 Å². The Labute approximate surface area is 99.4 Å². The highest BCUT2D eigenvalue weighted by molar-refractivity contribution is 5.93. The molecule has 1 amide bonds. The number of carboxylic acids is 1. The Morgan fingerprint density at radius 3 is 2.06 bits per heavy atom. The van der Waals surface area contributed by atoms with Crippen molar-refractivity contribution in [2.45, 2.75) is 31.1 Å². The zero-order valence-electron chi connectivity index (χ0n) is 9.48. The molecule has 4 heteroatoms. The van der Waals surface area contributed by atoms with Gasteiger partial charge >= 0.3 is 5.97 Å². The van der Waals surface area contributed by atoms with Crippen molar-refractivity contribution in [1.29, 1.82) is 0 Å². The molecule has 4 nitrogen and oxygen atoms in total. The fourth-order valence-corrected chi connectivity index (χ4v) is 2.56. The molecule has 0 aliphatic heterocycles. The summed E-state index contributed by atoms with van der Waals surface area (Å²) < 4.78 is 0. The molecule has 90 valence electrons. The van der Waals surface area contributed by atoms with E-state index in [-0.39, 0.29) is 0 Å². The van der Waals surface area contributed by atoms with Crippen LogP contribution in [0.1, 0.15) is 41.6 Å². The second-order valence-electron chi connectivity index (χ2n) is 4.54. The number of nitrogens with two attached hydrogens (primary N) is 1. The Balaban J connectivity index is 2.38. The molecule has 0 heterocycles. The number of hydrogen-bond acceptors (Lipinski definition) is 2. The van der Waals surface area contributed by atoms with E-state index in [4.69, 9.17) is 5.73 Å². The number of carboxylic acid groups (broad SMARTS) is 1. The molecule has 17 heavy (non-hydrogen) atoms. The van der Waals surface area contributed by atoms with Gasteiger partial charge in [-0.3, -0.25) is 9.59 Å². The first-order valence-corrected chi connectivity index (χ1v) is 5.70. The van der Waals surface area contributed by atoms with Gasteiger partial charge < -0.3 is 10.8 Å². The summed E-state index contributed by atoms with van der Waals surface area (Å²) in [5.41, 5.74) is 5.57. The Hall–Kier alpha value is -1.84. The SMILES string of the molecule is NC(=O)c1ccc(C2(C(=O)O)CCCC2)cc1. The molecule has 0 aromatic heterocycles. The molecule has 0 unspecified atom stereocenters. The van der Waals surface area contributed by atoms with E-state index in [1.165, 1.54) is 0 Å². The molecule has 0 spiro atoms. The number of carbonyl (C=O) groups excluding carboxylic acids is 1. The van der Waals surface area contributed by atoms with Crippen LogP contribution in [0.15, 0.2) is 24.3 Å². The highest BCUT2D eigenvalue weighted by Gasteiger charge is 2.42. The van der Waals surface area contributed by atoms with Crippen molar-refractivity contribution in [1.82, 2.24) is 0 Å². The van der Waals surface area contributed by atoms with Gasteiger partial charge in [0.25, 0.3) is 0 Å². The van der Waals surface area contributed by atoms with E-state index in [0.717, 1.165) is 18.4 Å². The number of aliphatic carboxylic acids is 1. The van der Waals surface area contributed by atoms with Gasteiger partial charge in [-0.05, 0) is 30.5 Å². The van der Waals surface area contributed by atoms with Crippen LogP contribution < -0.4 is 5.73 Å². The number of carbonyl (C=O) groups is 2. The molecular weight excluding hydrogens is 218 g/mol. The molecule has 1 aromatic rings. The van der Waals surface area contributed by atoms with Gasteiger partial charge in [-0.25, -0.2) is 0 Å². The van der Waals surface area contributed by atoms with Gasteiger partial charge in [0, 0.05) is 5.56 Å². The largest absolute Gasteiger partial charge is 0.481 e. The lowest BCUT2D eigenvalue weighted by Gasteiger charge is -2.24. The van der Waals surface area contributed by atoms with Gasteiger partial charge in [-0.2, -0.15) is 0 Å². The molecule has 1 saturated carbocycles. The first-order valence-electron chi connectivity index (χ1n) is 5.70. The Kier molecular flexibility index (Phi) is 2.88. The average Bonchev–Trinajstić information content (AvgIpc) is 2.79. The zero-order chi connectivity index (χ0) is 12.5. The first kappa shape index (κ1) is 11.6. The Morgan fingerprint density at radius 1 is 1.12 bits per heavy atom. The second-order valence-corrected chi connectivity index (χ2v) is 4.54. The van der Waals surface area contributed by atoms with E-state index in [1.54, 1.807) is 24.3 Å². The van der Waals surface area contributed by atoms with Crippen LogP contribution in [-0.2, 0) is 10.2 Å². The van der Waals surface area contributed by atoms with Crippen LogP contribution in [0.3, 0.4) is 0 Å². The summed E-state index contributed by atoms with van der Waals surface area (Å²) in [6.07, 6.45) is 3.20. The molecule has 1 aliphatic rings. The molecule has 1 fully saturated rings. The summed E-state index contributed by atoms with van der Waals surface area (Å²) in [5.74, 6) is -1.27. The van der Waals surface area contributed by atoms with Crippen molar-refractivity contribution in [2.24, 2.45) is 5.73 Å². The van der Waals surface area contributed by atoms with Crippen LogP contribution in [0.2, 0.25) is 0 Å². The maximum atomic E-state index is 11.5. The summed E-state index contributed by atoms with van der Waals surface area (Å²) >= 11 is 0. The minimum absolute atomic E-state index is 0.410. The molecule has 0 bridgehead atoms. The number of amides is 1. The van der Waals surface area contributed by atoms with Crippen LogP contribution in [0, 0.1) is 0 Å². The van der Waals surface area contributed by atoms with E-state index in [9.17, 15) is 14.7 Å². The molecule has 0 atom stereocenters. The third kappa shape index (κ3) is 1.90. The predicted molar refractivity (Wildman–Crippen MR) is 62.7 cm³/mol. The molecule has 1 aromatic carbocycles. The summed E-state index contributed by atoms with van der Waals surface area (Å²) in [6, 6.07) is 6.61. The summed E-state index contributed by atoms with van der Waals surface area (Å²) in [5, 5.41) is 9.40. The highest BCUT2D eigenvalue weighted by Crippen LogP contribution is 2.41. The van der Waals surface area contributed by atoms with E-state index in [2.05, 4.69) is 0 Å². The molecule has 0 radical (unpaired) electrons. The minimum atomic E-state index is -0.776. The first-order chi connectivity index (χ1) is 8.06. The molecule has 1 aliphatic carbocycles. The van der Waals surface area contributed by atoms with Crippen molar-refractivity contribution < 1.29 is 14.7 Å². The van der Waals surface area contributed by atoms with Gasteiger partial charge in [0.2, 0.25) is 5.91 Å². The van der Waals surface area contributed by atoms with Crippen molar-refractivity contribution in [3.05, 3.63) is 35.4 Å². The molecular formula is C13H15NO3. The van der Waals surface area contributed by atoms with E-state index >= 15 is 0 Å². The van der Waals surface area contributed by atoms with Gasteiger partial charge in [0.1, 0.15) is 0 Å². The smallest absolute Gasteiger partial charge is 0.314 e. The average molecular weight is 233 g/mol. The highest BCUT2D eigenvalue weighted by atomic mass is 16.4. The van der Waals surface area contributed by atoms with Gasteiger partial charge in [-0.15, -0.1) is 0 Å². The number of hydrogen-bond donors (Lipinski definition) is 2. The van der Waals surface area contributed by atoms with Crippen LogP contribution in [0.5, 0.6) is 0 Å². The maximum Gasteiger partial charge on any atom is 0.314 e. The third-order valence-corrected chi connectivity index (χ3v) is 3.59. The van der Waals surface area contributed by atoms with Gasteiger partial charge in [-0.1, -0.05) is 25.0 Å². The fraction of sp³-hybridized carbons (Fsp3) is 0.385. The second kappa shape index (κ2) is 4.20. The summed E-state index contributed by atoms with van der Waals surface area (Å²) in [6.45, 7) is 0. The normalized spacial score (nSPS) is 17.9. The van der Waals surface area contributed by atoms with Crippen LogP contribution in [0.25, 0.3) is 0 Å². The minimum Gasteiger partial charge on any atom is -0.481 e. The standard InChI is InChI=1S/C13H15NO3/c14-11(15)9-3-5-10(6-4-9)13(12(16)17)7-1-2-8-13/h3-6H,1-2,7-8H2,(H2,14,15)(H,16,17). The molecule has 2 rings (SSSR count). The van der Waals surface area contributed by atoms with Gasteiger partial charge in [0.15, 0.2) is 0 Å². The van der Waals surface area contributed by atoms with Crippen molar-refractivity contribution in [2.75, 3.05) is 0 Å². The Morgan fingerprint density at radius 2 is 1.65 bits per heavy atom. The zero-order valence-corrected chi connectivity index (χ0v) is 9.48. The molecule has 0 saturated heterocycles. The molecule has 3 N–H and O–H groups in total. The quantitative estimate of drug-likeness (QED) is 0.833. The van der Waals surface area contributed by atoms with Crippen LogP contribution in [0.4, 0.5) is 0 Å². The predicted octanol–water partition coefficient (Wildman–Crippen LogP) is 1.68. The van der Waals surface area contributed by atoms with E-state index in [0.29, 0.717) is 18.4 Å². The lowest BCUT2D eigenvalue weighted by Crippen LogP contribution is -2.32. The van der Waals surface area contributed by atoms with Crippen LogP contribution >= 0.6 is 0 Å². The van der Waals surface area contributed by atoms with E-state index in [1.807, 2.05) is 0 Å². The fourth-order valence-electron chi connectivity index (χ4n) is 2.56. The number of benzene rings is 1. The number of rotatable bonds is 3. The van der Waals surface area contributed by atoms with E-state index < -0.39 is 17.3 Å². The summed E-state index contributed by atoms with van der Waals surface area (Å²) in [4.78, 5) is 22.4. The lowest BCUT2D eigenvalue weighted by molar-refractivity contribution is -0.143. The van der Waals surface area contributed by atoms with Crippen molar-refractivity contribution in [3.63, 3.8) is 0 Å². The van der Waals surface area contributed by atoms with Gasteiger partial charge in [0.05, 0.1) is 5.41 Å². The van der Waals surface area contributed by atoms with Crippen molar-refractivity contribution >= 4 is 11.9 Å².